The second-order valence-electron chi connectivity index (χ2n) is 6.90. The molecule has 156 valence electrons. The maximum Gasteiger partial charge on any atom is 0.282 e. The van der Waals surface area contributed by atoms with Crippen molar-refractivity contribution in [2.24, 2.45) is 0 Å². The minimum atomic E-state index is -0.446. The maximum atomic E-state index is 12.6. The smallest absolute Gasteiger partial charge is 0.282 e. The predicted octanol–water partition coefficient (Wildman–Crippen LogP) is 1.39. The molecule has 0 radical (unpaired) electrons. The summed E-state index contributed by atoms with van der Waals surface area (Å²) >= 11 is 0. The van der Waals surface area contributed by atoms with Crippen LogP contribution in [0, 0.1) is 11.3 Å². The summed E-state index contributed by atoms with van der Waals surface area (Å²) in [7, 11) is 0. The molecule has 0 bridgehead atoms. The average molecular weight is 408 g/mol. The van der Waals surface area contributed by atoms with Crippen molar-refractivity contribution in [2.75, 3.05) is 29.0 Å². The van der Waals surface area contributed by atoms with Crippen molar-refractivity contribution in [1.82, 2.24) is 0 Å². The molecule has 0 aliphatic heterocycles. The molecule has 0 spiro atoms. The zero-order valence-corrected chi connectivity index (χ0v) is 17.3. The van der Waals surface area contributed by atoms with Crippen LogP contribution in [-0.2, 0) is 14.4 Å². The van der Waals surface area contributed by atoms with Gasteiger partial charge in [-0.2, -0.15) is 5.26 Å². The van der Waals surface area contributed by atoms with Gasteiger partial charge in [0.1, 0.15) is 0 Å². The Morgan fingerprint density at radius 3 is 1.93 bits per heavy atom. The molecule has 0 fully saturated rings. The van der Waals surface area contributed by atoms with Gasteiger partial charge in [0.15, 0.2) is 12.6 Å². The molecule has 0 saturated carbocycles. The van der Waals surface area contributed by atoms with Gasteiger partial charge in [-0.1, -0.05) is 0 Å². The first-order valence-electron chi connectivity index (χ1n) is 9.65. The third-order valence-corrected chi connectivity index (χ3v) is 4.62. The largest absolute Gasteiger partial charge is 0.326 e. The number of nitrogens with one attached hydrogen (secondary N) is 4. The van der Waals surface area contributed by atoms with E-state index in [0.717, 1.165) is 4.90 Å². The Balaban J connectivity index is 1.92. The van der Waals surface area contributed by atoms with E-state index in [1.54, 1.807) is 55.5 Å². The lowest BCUT2D eigenvalue weighted by Crippen LogP contribution is -3.17. The van der Waals surface area contributed by atoms with Crippen LogP contribution in [0.1, 0.15) is 26.3 Å². The number of quaternary nitrogens is 1. The van der Waals surface area contributed by atoms with E-state index in [1.165, 1.54) is 6.92 Å². The van der Waals surface area contributed by atoms with Gasteiger partial charge in [0.05, 0.1) is 18.2 Å². The number of rotatable bonds is 8. The van der Waals surface area contributed by atoms with Crippen molar-refractivity contribution < 1.29 is 19.3 Å². The summed E-state index contributed by atoms with van der Waals surface area (Å²) in [6.07, 6.45) is 0. The summed E-state index contributed by atoms with van der Waals surface area (Å²) < 4.78 is 0. The number of benzene rings is 2. The molecule has 0 heterocycles. The average Bonchev–Trinajstić information content (AvgIpc) is 2.73. The van der Waals surface area contributed by atoms with Gasteiger partial charge in [0.25, 0.3) is 11.8 Å². The Labute approximate surface area is 175 Å². The Morgan fingerprint density at radius 1 is 0.933 bits per heavy atom. The molecule has 1 unspecified atom stereocenters. The van der Waals surface area contributed by atoms with Crippen molar-refractivity contribution in [3.05, 3.63) is 54.1 Å². The zero-order chi connectivity index (χ0) is 22.1. The standard InChI is InChI=1S/C22H25N5O3/c1-4-27(15(2)22(30)26-20-7-5-17(13-23)6-8-20)14-21(29)25-19-11-9-18(10-12-19)24-16(3)28/h5-12,15H,4,14H2,1-3H3,(H,24,28)(H,25,29)(H,26,30)/p+1/t15-/m0/s1. The fraction of sp³-hybridized carbons (Fsp3) is 0.273. The molecule has 2 aromatic carbocycles. The molecule has 30 heavy (non-hydrogen) atoms. The normalized spacial score (nSPS) is 12.2. The molecule has 8 heteroatoms. The fourth-order valence-electron chi connectivity index (χ4n) is 2.90. The second-order valence-corrected chi connectivity index (χ2v) is 6.90. The van der Waals surface area contributed by atoms with Crippen LogP contribution in [0.2, 0.25) is 0 Å². The van der Waals surface area contributed by atoms with E-state index in [2.05, 4.69) is 16.0 Å². The lowest BCUT2D eigenvalue weighted by molar-refractivity contribution is -0.904. The highest BCUT2D eigenvalue weighted by Crippen LogP contribution is 2.13. The summed E-state index contributed by atoms with van der Waals surface area (Å²) in [5.74, 6) is -0.580. The van der Waals surface area contributed by atoms with Gasteiger partial charge in [-0.3, -0.25) is 14.4 Å². The minimum absolute atomic E-state index is 0.131. The highest BCUT2D eigenvalue weighted by Gasteiger charge is 2.26. The highest BCUT2D eigenvalue weighted by molar-refractivity contribution is 5.95. The molecular formula is C22H26N5O3+. The van der Waals surface area contributed by atoms with Gasteiger partial charge < -0.3 is 20.9 Å². The van der Waals surface area contributed by atoms with E-state index in [9.17, 15) is 14.4 Å². The van der Waals surface area contributed by atoms with Crippen LogP contribution in [0.15, 0.2) is 48.5 Å². The number of hydrogen-bond acceptors (Lipinski definition) is 4. The fourth-order valence-corrected chi connectivity index (χ4v) is 2.90. The third-order valence-electron chi connectivity index (χ3n) is 4.62. The number of hydrogen-bond donors (Lipinski definition) is 4. The van der Waals surface area contributed by atoms with Crippen molar-refractivity contribution in [3.63, 3.8) is 0 Å². The van der Waals surface area contributed by atoms with Crippen LogP contribution in [0.4, 0.5) is 17.1 Å². The number of amides is 3. The quantitative estimate of drug-likeness (QED) is 0.528. The van der Waals surface area contributed by atoms with Crippen LogP contribution in [0.3, 0.4) is 0 Å². The van der Waals surface area contributed by atoms with Crippen LogP contribution in [0.25, 0.3) is 0 Å². The van der Waals surface area contributed by atoms with Crippen LogP contribution in [-0.4, -0.2) is 36.9 Å². The van der Waals surface area contributed by atoms with Crippen molar-refractivity contribution in [1.29, 1.82) is 5.26 Å². The van der Waals surface area contributed by atoms with Crippen LogP contribution in [0.5, 0.6) is 0 Å². The lowest BCUT2D eigenvalue weighted by Gasteiger charge is -2.23. The zero-order valence-electron chi connectivity index (χ0n) is 17.3. The monoisotopic (exact) mass is 408 g/mol. The van der Waals surface area contributed by atoms with E-state index in [4.69, 9.17) is 5.26 Å². The Bertz CT molecular complexity index is 933. The number of carbonyl (C=O) groups excluding carboxylic acids is 3. The molecule has 8 nitrogen and oxygen atoms in total. The SMILES string of the molecule is CC[NH+](CC(=O)Nc1ccc(NC(C)=O)cc1)[C@@H](C)C(=O)Nc1ccc(C#N)cc1. The molecule has 0 aliphatic carbocycles. The summed E-state index contributed by atoms with van der Waals surface area (Å²) in [4.78, 5) is 36.9. The van der Waals surface area contributed by atoms with E-state index in [0.29, 0.717) is 29.2 Å². The summed E-state index contributed by atoms with van der Waals surface area (Å²) in [5, 5.41) is 17.1. The number of likely N-dealkylation sites (N-methyl/N-ethyl adjacent to an activating group) is 1. The van der Waals surface area contributed by atoms with Crippen LogP contribution >= 0.6 is 0 Å². The first-order valence-corrected chi connectivity index (χ1v) is 9.65. The molecule has 0 aromatic heterocycles. The first-order chi connectivity index (χ1) is 14.3. The number of nitrogens with zero attached hydrogens (tertiary/aromatic N) is 1. The van der Waals surface area contributed by atoms with Crippen molar-refractivity contribution in [3.8, 4) is 6.07 Å². The Kier molecular flexibility index (Phi) is 8.08. The molecule has 0 aliphatic rings. The molecule has 2 aromatic rings. The van der Waals surface area contributed by atoms with Gasteiger partial charge in [0.2, 0.25) is 5.91 Å². The predicted molar refractivity (Wildman–Crippen MR) is 115 cm³/mol. The molecule has 2 rings (SSSR count). The van der Waals surface area contributed by atoms with Gasteiger partial charge in [-0.15, -0.1) is 0 Å². The molecular weight excluding hydrogens is 382 g/mol. The maximum absolute atomic E-state index is 12.6. The Morgan fingerprint density at radius 2 is 1.43 bits per heavy atom. The minimum Gasteiger partial charge on any atom is -0.326 e. The Hall–Kier alpha value is -3.70. The summed E-state index contributed by atoms with van der Waals surface area (Å²) in [6.45, 7) is 5.84. The van der Waals surface area contributed by atoms with E-state index >= 15 is 0 Å². The summed E-state index contributed by atoms with van der Waals surface area (Å²) in [5.41, 5.74) is 2.38. The van der Waals surface area contributed by atoms with E-state index in [1.807, 2.05) is 13.0 Å². The van der Waals surface area contributed by atoms with E-state index < -0.39 is 6.04 Å². The summed E-state index contributed by atoms with van der Waals surface area (Å²) in [6, 6.07) is 15.0. The van der Waals surface area contributed by atoms with Gasteiger partial charge in [-0.25, -0.2) is 0 Å². The lowest BCUT2D eigenvalue weighted by atomic mass is 10.2. The highest BCUT2D eigenvalue weighted by atomic mass is 16.2. The topological polar surface area (TPSA) is 116 Å². The third kappa shape index (κ3) is 6.72. The number of carbonyl (C=O) groups is 3. The molecule has 0 saturated heterocycles. The van der Waals surface area contributed by atoms with Crippen LogP contribution < -0.4 is 20.9 Å². The van der Waals surface area contributed by atoms with Crippen molar-refractivity contribution >= 4 is 34.8 Å². The first kappa shape index (κ1) is 22.6. The van der Waals surface area contributed by atoms with Gasteiger partial charge >= 0.3 is 0 Å². The van der Waals surface area contributed by atoms with E-state index in [-0.39, 0.29) is 24.3 Å². The van der Waals surface area contributed by atoms with Crippen molar-refractivity contribution in [2.45, 2.75) is 26.8 Å². The molecule has 3 amide bonds. The van der Waals surface area contributed by atoms with Gasteiger partial charge in [0, 0.05) is 24.0 Å². The molecule has 4 N–H and O–H groups in total. The van der Waals surface area contributed by atoms with Gasteiger partial charge in [-0.05, 0) is 62.4 Å². The second kappa shape index (κ2) is 10.7. The molecule has 2 atom stereocenters. The number of anilines is 3. The number of nitriles is 1.